The lowest BCUT2D eigenvalue weighted by Crippen LogP contribution is -2.36. The van der Waals surface area contributed by atoms with Crippen LogP contribution >= 0.6 is 0 Å². The van der Waals surface area contributed by atoms with Gasteiger partial charge in [0, 0.05) is 30.5 Å². The minimum atomic E-state index is -0.237. The average Bonchev–Trinajstić information content (AvgIpc) is 3.25. The van der Waals surface area contributed by atoms with Gasteiger partial charge in [-0.05, 0) is 36.4 Å². The normalized spacial score (nSPS) is 14.1. The number of aromatic nitrogens is 3. The quantitative estimate of drug-likeness (QED) is 0.547. The van der Waals surface area contributed by atoms with Crippen LogP contribution in [0.15, 0.2) is 66.9 Å². The number of hydrogen-bond donors (Lipinski definition) is 2. The standard InChI is InChI=1S/C23H21N5O2/c29-23(26-20-9-1-2-10-24-20)18-7-4-8-19-21(18)27-22(25-19)16-5-3-6-17(15-16)28-11-13-30-14-12-28/h1-10,15H,11-14H2,(H,25,27)(H,24,26,29). The number of nitrogens with zero attached hydrogens (tertiary/aromatic N) is 3. The topological polar surface area (TPSA) is 83.1 Å². The molecule has 2 N–H and O–H groups in total. The Bertz CT molecular complexity index is 1180. The first kappa shape index (κ1) is 18.3. The monoisotopic (exact) mass is 399 g/mol. The molecule has 1 aliphatic heterocycles. The molecule has 5 rings (SSSR count). The average molecular weight is 399 g/mol. The van der Waals surface area contributed by atoms with E-state index in [1.807, 2.05) is 30.3 Å². The van der Waals surface area contributed by atoms with Crippen molar-refractivity contribution in [3.05, 3.63) is 72.4 Å². The van der Waals surface area contributed by atoms with Crippen molar-refractivity contribution in [1.29, 1.82) is 0 Å². The van der Waals surface area contributed by atoms with Crippen molar-refractivity contribution >= 4 is 28.4 Å². The van der Waals surface area contributed by atoms with Gasteiger partial charge in [-0.3, -0.25) is 4.79 Å². The Labute approximate surface area is 173 Å². The van der Waals surface area contributed by atoms with E-state index in [2.05, 4.69) is 32.3 Å². The summed E-state index contributed by atoms with van der Waals surface area (Å²) >= 11 is 0. The summed E-state index contributed by atoms with van der Waals surface area (Å²) in [6.45, 7) is 3.23. The summed E-state index contributed by atoms with van der Waals surface area (Å²) in [4.78, 5) is 27.4. The van der Waals surface area contributed by atoms with Gasteiger partial charge in [0.1, 0.15) is 17.2 Å². The van der Waals surface area contributed by atoms with E-state index in [4.69, 9.17) is 9.72 Å². The van der Waals surface area contributed by atoms with Crippen molar-refractivity contribution in [3.8, 4) is 11.4 Å². The molecule has 0 spiro atoms. The second kappa shape index (κ2) is 7.96. The maximum atomic E-state index is 12.8. The number of amides is 1. The van der Waals surface area contributed by atoms with Gasteiger partial charge in [-0.2, -0.15) is 0 Å². The van der Waals surface area contributed by atoms with E-state index in [0.717, 1.165) is 48.9 Å². The lowest BCUT2D eigenvalue weighted by atomic mass is 10.1. The number of nitrogens with one attached hydrogen (secondary N) is 2. The number of H-pyrrole nitrogens is 1. The molecule has 30 heavy (non-hydrogen) atoms. The highest BCUT2D eigenvalue weighted by atomic mass is 16.5. The molecule has 2 aromatic heterocycles. The maximum absolute atomic E-state index is 12.8. The van der Waals surface area contributed by atoms with E-state index in [1.165, 1.54) is 0 Å². The van der Waals surface area contributed by atoms with E-state index >= 15 is 0 Å². The molecule has 0 radical (unpaired) electrons. The summed E-state index contributed by atoms with van der Waals surface area (Å²) < 4.78 is 5.45. The van der Waals surface area contributed by atoms with Crippen LogP contribution < -0.4 is 10.2 Å². The Morgan fingerprint density at radius 1 is 1.03 bits per heavy atom. The zero-order valence-corrected chi connectivity index (χ0v) is 16.3. The van der Waals surface area contributed by atoms with E-state index in [-0.39, 0.29) is 5.91 Å². The Hall–Kier alpha value is -3.71. The first-order valence-corrected chi connectivity index (χ1v) is 9.92. The van der Waals surface area contributed by atoms with Crippen molar-refractivity contribution in [2.24, 2.45) is 0 Å². The molecule has 4 aromatic rings. The van der Waals surface area contributed by atoms with Gasteiger partial charge in [0.25, 0.3) is 5.91 Å². The molecule has 150 valence electrons. The van der Waals surface area contributed by atoms with E-state index in [9.17, 15) is 4.79 Å². The highest BCUT2D eigenvalue weighted by molar-refractivity contribution is 6.11. The number of carbonyl (C=O) groups excluding carboxylic acids is 1. The summed E-state index contributed by atoms with van der Waals surface area (Å²) in [7, 11) is 0. The molecule has 0 saturated carbocycles. The summed E-state index contributed by atoms with van der Waals surface area (Å²) in [5.41, 5.74) is 4.08. The molecule has 0 atom stereocenters. The molecule has 7 nitrogen and oxygen atoms in total. The van der Waals surface area contributed by atoms with Gasteiger partial charge in [0.2, 0.25) is 0 Å². The van der Waals surface area contributed by atoms with Crippen molar-refractivity contribution < 1.29 is 9.53 Å². The van der Waals surface area contributed by atoms with Gasteiger partial charge >= 0.3 is 0 Å². The number of para-hydroxylation sites is 1. The van der Waals surface area contributed by atoms with E-state index in [0.29, 0.717) is 16.9 Å². The summed E-state index contributed by atoms with van der Waals surface area (Å²) in [5.74, 6) is 1.01. The molecule has 0 bridgehead atoms. The Morgan fingerprint density at radius 3 is 2.73 bits per heavy atom. The number of carbonyl (C=O) groups is 1. The summed E-state index contributed by atoms with van der Waals surface area (Å²) in [6.07, 6.45) is 1.64. The van der Waals surface area contributed by atoms with Crippen LogP contribution in [0.4, 0.5) is 11.5 Å². The zero-order chi connectivity index (χ0) is 20.3. The number of fused-ring (bicyclic) bond motifs is 1. The Morgan fingerprint density at radius 2 is 1.90 bits per heavy atom. The van der Waals surface area contributed by atoms with Gasteiger partial charge in [-0.1, -0.05) is 24.3 Å². The number of hydrogen-bond acceptors (Lipinski definition) is 5. The third kappa shape index (κ3) is 3.62. The number of morpholine rings is 1. The minimum absolute atomic E-state index is 0.237. The molecule has 1 amide bonds. The van der Waals surface area contributed by atoms with Crippen LogP contribution in [0.2, 0.25) is 0 Å². The fourth-order valence-electron chi connectivity index (χ4n) is 3.64. The predicted octanol–water partition coefficient (Wildman–Crippen LogP) is 3.71. The largest absolute Gasteiger partial charge is 0.378 e. The number of benzene rings is 2. The number of ether oxygens (including phenoxy) is 1. The van der Waals surface area contributed by atoms with Crippen molar-refractivity contribution in [3.63, 3.8) is 0 Å². The number of rotatable bonds is 4. The van der Waals surface area contributed by atoms with Crippen LogP contribution in [0, 0.1) is 0 Å². The van der Waals surface area contributed by atoms with Crippen molar-refractivity contribution in [2.45, 2.75) is 0 Å². The van der Waals surface area contributed by atoms with Gasteiger partial charge in [0.05, 0.1) is 24.3 Å². The van der Waals surface area contributed by atoms with Crippen LogP contribution in [0.25, 0.3) is 22.4 Å². The minimum Gasteiger partial charge on any atom is -0.378 e. The third-order valence-electron chi connectivity index (χ3n) is 5.16. The molecule has 1 aliphatic rings. The van der Waals surface area contributed by atoms with Crippen LogP contribution in [-0.2, 0) is 4.74 Å². The molecule has 7 heteroatoms. The summed E-state index contributed by atoms with van der Waals surface area (Å²) in [5, 5.41) is 2.83. The van der Waals surface area contributed by atoms with E-state index < -0.39 is 0 Å². The first-order valence-electron chi connectivity index (χ1n) is 9.92. The van der Waals surface area contributed by atoms with Gasteiger partial charge in [-0.25, -0.2) is 9.97 Å². The van der Waals surface area contributed by atoms with Gasteiger partial charge < -0.3 is 19.9 Å². The fourth-order valence-corrected chi connectivity index (χ4v) is 3.64. The molecule has 0 aliphatic carbocycles. The van der Waals surface area contributed by atoms with Crippen LogP contribution in [0.5, 0.6) is 0 Å². The second-order valence-corrected chi connectivity index (χ2v) is 7.11. The molecule has 2 aromatic carbocycles. The maximum Gasteiger partial charge on any atom is 0.259 e. The first-order chi connectivity index (χ1) is 14.8. The zero-order valence-electron chi connectivity index (χ0n) is 16.3. The van der Waals surface area contributed by atoms with Crippen LogP contribution in [0.3, 0.4) is 0 Å². The van der Waals surface area contributed by atoms with E-state index in [1.54, 1.807) is 24.4 Å². The molecular weight excluding hydrogens is 378 g/mol. The lowest BCUT2D eigenvalue weighted by molar-refractivity contribution is 0.102. The fraction of sp³-hybridized carbons (Fsp3) is 0.174. The van der Waals surface area contributed by atoms with Crippen molar-refractivity contribution in [2.75, 3.05) is 36.5 Å². The van der Waals surface area contributed by atoms with Gasteiger partial charge in [-0.15, -0.1) is 0 Å². The molecule has 1 fully saturated rings. The number of aromatic amines is 1. The highest BCUT2D eigenvalue weighted by Gasteiger charge is 2.16. The summed E-state index contributed by atoms with van der Waals surface area (Å²) in [6, 6.07) is 19.2. The number of pyridine rings is 1. The Balaban J connectivity index is 1.47. The number of imidazole rings is 1. The molecule has 0 unspecified atom stereocenters. The van der Waals surface area contributed by atoms with Crippen molar-refractivity contribution in [1.82, 2.24) is 15.0 Å². The molecule has 1 saturated heterocycles. The lowest BCUT2D eigenvalue weighted by Gasteiger charge is -2.29. The molecule has 3 heterocycles. The second-order valence-electron chi connectivity index (χ2n) is 7.11. The highest BCUT2D eigenvalue weighted by Crippen LogP contribution is 2.27. The third-order valence-corrected chi connectivity index (χ3v) is 5.16. The van der Waals surface area contributed by atoms with Gasteiger partial charge in [0.15, 0.2) is 0 Å². The Kier molecular flexibility index (Phi) is 4.86. The number of anilines is 2. The van der Waals surface area contributed by atoms with Crippen LogP contribution in [0.1, 0.15) is 10.4 Å². The predicted molar refractivity (Wildman–Crippen MR) is 117 cm³/mol. The SMILES string of the molecule is O=C(Nc1ccccn1)c1cccc2[nH]c(-c3cccc(N4CCOCC4)c3)nc12. The smallest absolute Gasteiger partial charge is 0.259 e. The van der Waals surface area contributed by atoms with Crippen LogP contribution in [-0.4, -0.2) is 47.2 Å². The molecular formula is C23H21N5O2.